The highest BCUT2D eigenvalue weighted by Gasteiger charge is 2.62. The van der Waals surface area contributed by atoms with Crippen molar-refractivity contribution in [1.29, 1.82) is 0 Å². The lowest BCUT2D eigenvalue weighted by molar-refractivity contribution is -0.291. The largest absolute Gasteiger partial charge is 0.464 e. The van der Waals surface area contributed by atoms with Crippen LogP contribution in [0.2, 0.25) is 0 Å². The number of rotatable bonds is 9. The SMILES string of the molecule is CCCCc1nc(C(F)(F)C(F)(F)F)c(C(=O)OC)n1Cc1ccc(-c2ccccc2-c2nnn[nH]2)cc1. The molecule has 13 heteroatoms. The Bertz CT molecular complexity index is 1400. The van der Waals surface area contributed by atoms with Crippen molar-refractivity contribution in [2.45, 2.75) is 44.8 Å². The predicted molar refractivity (Wildman–Crippen MR) is 126 cm³/mol. The number of aromatic nitrogens is 6. The number of halogens is 5. The molecule has 0 bridgehead atoms. The average molecular weight is 534 g/mol. The van der Waals surface area contributed by atoms with Crippen molar-refractivity contribution >= 4 is 5.97 Å². The number of benzene rings is 2. The first-order chi connectivity index (χ1) is 18.1. The van der Waals surface area contributed by atoms with Crippen molar-refractivity contribution in [3.63, 3.8) is 0 Å². The van der Waals surface area contributed by atoms with E-state index in [0.717, 1.165) is 28.4 Å². The van der Waals surface area contributed by atoms with Crippen molar-refractivity contribution in [1.82, 2.24) is 30.2 Å². The van der Waals surface area contributed by atoms with Crippen LogP contribution in [-0.2, 0) is 23.6 Å². The first-order valence-corrected chi connectivity index (χ1v) is 11.6. The highest BCUT2D eigenvalue weighted by atomic mass is 19.4. The number of esters is 1. The zero-order valence-electron chi connectivity index (χ0n) is 20.4. The molecule has 2 heterocycles. The molecule has 2 aromatic heterocycles. The molecule has 0 saturated heterocycles. The lowest BCUT2D eigenvalue weighted by atomic mass is 9.98. The van der Waals surface area contributed by atoms with Gasteiger partial charge in [-0.1, -0.05) is 61.9 Å². The lowest BCUT2D eigenvalue weighted by Crippen LogP contribution is -2.36. The zero-order chi connectivity index (χ0) is 27.5. The Morgan fingerprint density at radius 1 is 1.03 bits per heavy atom. The number of H-pyrrole nitrogens is 1. The van der Waals surface area contributed by atoms with Crippen LogP contribution < -0.4 is 0 Å². The quantitative estimate of drug-likeness (QED) is 0.223. The summed E-state index contributed by atoms with van der Waals surface area (Å²) in [4.78, 5) is 16.1. The van der Waals surface area contributed by atoms with E-state index in [-0.39, 0.29) is 18.8 Å². The summed E-state index contributed by atoms with van der Waals surface area (Å²) in [5.41, 5.74) is 0.312. The number of unbranched alkanes of at least 4 members (excludes halogenated alkanes) is 1. The average Bonchev–Trinajstić information content (AvgIpc) is 3.56. The van der Waals surface area contributed by atoms with E-state index in [9.17, 15) is 26.7 Å². The van der Waals surface area contributed by atoms with Gasteiger partial charge < -0.3 is 9.30 Å². The number of nitrogens with zero attached hydrogens (tertiary/aromatic N) is 5. The molecule has 0 atom stereocenters. The molecule has 0 aliphatic carbocycles. The second kappa shape index (κ2) is 10.7. The van der Waals surface area contributed by atoms with E-state index < -0.39 is 29.5 Å². The number of aromatic amines is 1. The van der Waals surface area contributed by atoms with E-state index in [1.165, 1.54) is 0 Å². The molecule has 1 N–H and O–H groups in total. The van der Waals surface area contributed by atoms with Crippen molar-refractivity contribution in [2.75, 3.05) is 7.11 Å². The van der Waals surface area contributed by atoms with Gasteiger partial charge in [-0.25, -0.2) is 14.9 Å². The second-order valence-electron chi connectivity index (χ2n) is 8.47. The lowest BCUT2D eigenvalue weighted by Gasteiger charge is -2.19. The maximum Gasteiger partial charge on any atom is 0.459 e. The van der Waals surface area contributed by atoms with Crippen LogP contribution in [0.5, 0.6) is 0 Å². The van der Waals surface area contributed by atoms with Gasteiger partial charge in [0.05, 0.1) is 7.11 Å². The van der Waals surface area contributed by atoms with Crippen molar-refractivity contribution in [3.8, 4) is 22.5 Å². The van der Waals surface area contributed by atoms with Crippen LogP contribution >= 0.6 is 0 Å². The number of tetrazole rings is 1. The standard InChI is InChI=1S/C25H23F5N6O2/c1-3-4-9-19-31-21(24(26,27)25(28,29)30)20(23(37)38-2)36(19)14-15-10-12-16(13-11-15)17-7-5-6-8-18(17)22-32-34-35-33-22/h5-8,10-13H,3-4,9,14H2,1-2H3,(H,32,33,34,35). The smallest absolute Gasteiger partial charge is 0.459 e. The number of methoxy groups -OCH3 is 1. The Morgan fingerprint density at radius 3 is 2.29 bits per heavy atom. The molecule has 0 amide bonds. The summed E-state index contributed by atoms with van der Waals surface area (Å²) in [6, 6.07) is 14.3. The number of nitrogens with one attached hydrogen (secondary N) is 1. The monoisotopic (exact) mass is 534 g/mol. The third kappa shape index (κ3) is 5.13. The topological polar surface area (TPSA) is 98.6 Å². The molecule has 2 aromatic carbocycles. The number of carbonyl (C=O) groups is 1. The number of carbonyl (C=O) groups excluding carboxylic acids is 1. The Balaban J connectivity index is 1.75. The van der Waals surface area contributed by atoms with Crippen LogP contribution in [0.3, 0.4) is 0 Å². The summed E-state index contributed by atoms with van der Waals surface area (Å²) in [6.07, 6.45) is -4.72. The summed E-state index contributed by atoms with van der Waals surface area (Å²) in [6.45, 7) is 1.67. The molecular formula is C25H23F5N6O2. The van der Waals surface area contributed by atoms with Crippen LogP contribution in [0.15, 0.2) is 48.5 Å². The Kier molecular flexibility index (Phi) is 7.56. The van der Waals surface area contributed by atoms with Gasteiger partial charge in [-0.2, -0.15) is 22.0 Å². The first-order valence-electron chi connectivity index (χ1n) is 11.6. The predicted octanol–water partition coefficient (Wildman–Crippen LogP) is 5.56. The van der Waals surface area contributed by atoms with Crippen LogP contribution in [-0.4, -0.2) is 49.4 Å². The Hall–Kier alpha value is -4.16. The molecule has 4 rings (SSSR count). The minimum Gasteiger partial charge on any atom is -0.464 e. The van der Waals surface area contributed by atoms with E-state index in [4.69, 9.17) is 0 Å². The first kappa shape index (κ1) is 26.9. The normalized spacial score (nSPS) is 12.1. The van der Waals surface area contributed by atoms with Gasteiger partial charge in [-0.05, 0) is 33.5 Å². The molecule has 8 nitrogen and oxygen atoms in total. The van der Waals surface area contributed by atoms with Gasteiger partial charge in [-0.15, -0.1) is 5.10 Å². The van der Waals surface area contributed by atoms with E-state index in [0.29, 0.717) is 24.2 Å². The number of aryl methyl sites for hydroxylation is 1. The maximum absolute atomic E-state index is 14.4. The fraction of sp³-hybridized carbons (Fsp3) is 0.320. The van der Waals surface area contributed by atoms with Crippen LogP contribution in [0.25, 0.3) is 22.5 Å². The Labute approximate surface area is 213 Å². The van der Waals surface area contributed by atoms with Gasteiger partial charge in [0.25, 0.3) is 0 Å². The minimum atomic E-state index is -5.94. The summed E-state index contributed by atoms with van der Waals surface area (Å²) >= 11 is 0. The number of alkyl halides is 5. The molecule has 200 valence electrons. The van der Waals surface area contributed by atoms with Gasteiger partial charge in [0, 0.05) is 18.5 Å². The van der Waals surface area contributed by atoms with Gasteiger partial charge in [0.1, 0.15) is 5.82 Å². The highest BCUT2D eigenvalue weighted by molar-refractivity contribution is 5.89. The van der Waals surface area contributed by atoms with Crippen LogP contribution in [0.1, 0.15) is 47.3 Å². The van der Waals surface area contributed by atoms with Gasteiger partial charge in [0.15, 0.2) is 17.2 Å². The maximum atomic E-state index is 14.4. The zero-order valence-corrected chi connectivity index (χ0v) is 20.4. The number of hydrogen-bond donors (Lipinski definition) is 1. The van der Waals surface area contributed by atoms with Crippen molar-refractivity contribution in [3.05, 3.63) is 71.3 Å². The number of hydrogen-bond acceptors (Lipinski definition) is 6. The second-order valence-corrected chi connectivity index (χ2v) is 8.47. The molecule has 38 heavy (non-hydrogen) atoms. The summed E-state index contributed by atoms with van der Waals surface area (Å²) < 4.78 is 74.3. The van der Waals surface area contributed by atoms with Gasteiger partial charge in [-0.3, -0.25) is 0 Å². The minimum absolute atomic E-state index is 0.0570. The summed E-state index contributed by atoms with van der Waals surface area (Å²) in [7, 11) is 0.914. The van der Waals surface area contributed by atoms with Crippen LogP contribution in [0.4, 0.5) is 22.0 Å². The molecule has 0 radical (unpaired) electrons. The fourth-order valence-corrected chi connectivity index (χ4v) is 4.04. The van der Waals surface area contributed by atoms with Crippen LogP contribution in [0, 0.1) is 0 Å². The van der Waals surface area contributed by atoms with E-state index in [1.807, 2.05) is 31.2 Å². The molecule has 0 unspecified atom stereocenters. The fourth-order valence-electron chi connectivity index (χ4n) is 4.04. The van der Waals surface area contributed by atoms with Crippen molar-refractivity contribution in [2.24, 2.45) is 0 Å². The molecule has 4 aromatic rings. The third-order valence-electron chi connectivity index (χ3n) is 5.97. The van der Waals surface area contributed by atoms with Gasteiger partial charge in [0.2, 0.25) is 0 Å². The summed E-state index contributed by atoms with van der Waals surface area (Å²) in [5, 5.41) is 13.8. The molecule has 0 fully saturated rings. The van der Waals surface area contributed by atoms with E-state index in [2.05, 4.69) is 30.3 Å². The van der Waals surface area contributed by atoms with Gasteiger partial charge >= 0.3 is 18.1 Å². The Morgan fingerprint density at radius 2 is 1.71 bits per heavy atom. The number of ether oxygens (including phenoxy) is 1. The summed E-state index contributed by atoms with van der Waals surface area (Å²) in [5.74, 6) is -6.26. The molecule has 0 aliphatic rings. The molecule has 0 aliphatic heterocycles. The van der Waals surface area contributed by atoms with E-state index >= 15 is 0 Å². The third-order valence-corrected chi connectivity index (χ3v) is 5.97. The molecule has 0 saturated carbocycles. The molecular weight excluding hydrogens is 511 g/mol. The van der Waals surface area contributed by atoms with E-state index in [1.54, 1.807) is 24.3 Å². The highest BCUT2D eigenvalue weighted by Crippen LogP contribution is 2.45. The number of imidazole rings is 1. The van der Waals surface area contributed by atoms with Crippen molar-refractivity contribution < 1.29 is 31.5 Å². The molecule has 0 spiro atoms.